The molecule has 0 aromatic rings. The highest BCUT2D eigenvalue weighted by molar-refractivity contribution is 5.91. The highest BCUT2D eigenvalue weighted by atomic mass is 16.5. The lowest BCUT2D eigenvalue weighted by Crippen LogP contribution is -2.25. The van der Waals surface area contributed by atoms with E-state index < -0.39 is 5.91 Å². The van der Waals surface area contributed by atoms with Gasteiger partial charge in [0.2, 0.25) is 5.91 Å². The molecule has 0 aliphatic rings. The molecule has 0 spiro atoms. The van der Waals surface area contributed by atoms with Crippen LogP contribution < -0.4 is 5.73 Å². The van der Waals surface area contributed by atoms with Gasteiger partial charge in [0.05, 0.1) is 11.7 Å². The maximum atomic E-state index is 10.7. The van der Waals surface area contributed by atoms with Gasteiger partial charge in [-0.05, 0) is 40.7 Å². The van der Waals surface area contributed by atoms with E-state index in [9.17, 15) is 4.79 Å². The van der Waals surface area contributed by atoms with E-state index in [-0.39, 0.29) is 11.7 Å². The Balaban J connectivity index is 4.23. The fraction of sp³-hybridized carbons (Fsp3) is 0.700. The summed E-state index contributed by atoms with van der Waals surface area (Å²) in [7, 11) is 0. The molecule has 0 aliphatic heterocycles. The van der Waals surface area contributed by atoms with Gasteiger partial charge < -0.3 is 10.5 Å². The largest absolute Gasteiger partial charge is 0.369 e. The molecule has 0 saturated heterocycles. The van der Waals surface area contributed by atoms with Gasteiger partial charge in [0, 0.05) is 5.57 Å². The van der Waals surface area contributed by atoms with E-state index in [1.807, 2.05) is 27.7 Å². The number of ether oxygens (including phenoxy) is 1. The molecular formula is C10H19NO2. The monoisotopic (exact) mass is 185 g/mol. The second-order valence-corrected chi connectivity index (χ2v) is 4.15. The lowest BCUT2D eigenvalue weighted by Gasteiger charge is -2.23. The van der Waals surface area contributed by atoms with Crippen LogP contribution >= 0.6 is 0 Å². The zero-order valence-electron chi connectivity index (χ0n) is 9.05. The van der Waals surface area contributed by atoms with Gasteiger partial charge in [0.25, 0.3) is 0 Å². The summed E-state index contributed by atoms with van der Waals surface area (Å²) in [6.45, 7) is 9.48. The number of amides is 1. The highest BCUT2D eigenvalue weighted by Gasteiger charge is 2.14. The summed E-state index contributed by atoms with van der Waals surface area (Å²) in [6, 6.07) is 0. The van der Waals surface area contributed by atoms with Gasteiger partial charge in [-0.25, -0.2) is 0 Å². The van der Waals surface area contributed by atoms with Crippen LogP contribution in [-0.2, 0) is 9.53 Å². The van der Waals surface area contributed by atoms with Crippen LogP contribution in [0.1, 0.15) is 34.6 Å². The normalized spacial score (nSPS) is 15.6. The molecule has 76 valence electrons. The van der Waals surface area contributed by atoms with Crippen LogP contribution in [0.5, 0.6) is 0 Å². The lowest BCUT2D eigenvalue weighted by atomic mass is 10.1. The van der Waals surface area contributed by atoms with Crippen LogP contribution in [0.3, 0.4) is 0 Å². The molecule has 0 aliphatic carbocycles. The average Bonchev–Trinajstić information content (AvgIpc) is 1.81. The average molecular weight is 185 g/mol. The fourth-order valence-electron chi connectivity index (χ4n) is 1.03. The summed E-state index contributed by atoms with van der Waals surface area (Å²) in [5.74, 6) is -0.399. The molecule has 0 aromatic heterocycles. The second-order valence-electron chi connectivity index (χ2n) is 4.15. The first-order chi connectivity index (χ1) is 5.72. The quantitative estimate of drug-likeness (QED) is 0.679. The number of primary amides is 1. The summed E-state index contributed by atoms with van der Waals surface area (Å²) in [6.07, 6.45) is 1.64. The van der Waals surface area contributed by atoms with Gasteiger partial charge >= 0.3 is 0 Å². The van der Waals surface area contributed by atoms with Crippen molar-refractivity contribution >= 4 is 5.91 Å². The van der Waals surface area contributed by atoms with Crippen molar-refractivity contribution in [3.05, 3.63) is 11.6 Å². The van der Waals surface area contributed by atoms with E-state index in [4.69, 9.17) is 10.5 Å². The van der Waals surface area contributed by atoms with Gasteiger partial charge in [-0.2, -0.15) is 0 Å². The summed E-state index contributed by atoms with van der Waals surface area (Å²) in [5.41, 5.74) is 5.42. The van der Waals surface area contributed by atoms with Crippen LogP contribution in [-0.4, -0.2) is 17.6 Å². The molecule has 0 fully saturated rings. The van der Waals surface area contributed by atoms with Crippen molar-refractivity contribution in [1.82, 2.24) is 0 Å². The number of nitrogens with two attached hydrogens (primary N) is 1. The number of hydrogen-bond donors (Lipinski definition) is 1. The molecule has 1 atom stereocenters. The van der Waals surface area contributed by atoms with Crippen molar-refractivity contribution < 1.29 is 9.53 Å². The molecule has 0 rings (SSSR count). The van der Waals surface area contributed by atoms with Gasteiger partial charge in [0.15, 0.2) is 0 Å². The molecule has 1 amide bonds. The standard InChI is InChI=1S/C10H19NO2/c1-7(9(11)12)6-8(2)13-10(3,4)5/h6,8H,1-5H3,(H2,11,12). The van der Waals surface area contributed by atoms with E-state index in [1.165, 1.54) is 0 Å². The maximum absolute atomic E-state index is 10.7. The first-order valence-corrected chi connectivity index (χ1v) is 4.38. The molecule has 3 heteroatoms. The summed E-state index contributed by atoms with van der Waals surface area (Å²) in [4.78, 5) is 10.7. The van der Waals surface area contributed by atoms with E-state index in [1.54, 1.807) is 13.0 Å². The summed E-state index contributed by atoms with van der Waals surface area (Å²) < 4.78 is 5.57. The third-order valence-electron chi connectivity index (χ3n) is 1.41. The van der Waals surface area contributed by atoms with Crippen molar-refractivity contribution in [1.29, 1.82) is 0 Å². The fourth-order valence-corrected chi connectivity index (χ4v) is 1.03. The summed E-state index contributed by atoms with van der Waals surface area (Å²) in [5, 5.41) is 0. The Morgan fingerprint density at radius 3 is 2.23 bits per heavy atom. The number of rotatable bonds is 3. The third kappa shape index (κ3) is 6.34. The molecule has 0 heterocycles. The minimum Gasteiger partial charge on any atom is -0.369 e. The van der Waals surface area contributed by atoms with Gasteiger partial charge in [0.1, 0.15) is 0 Å². The Kier molecular flexibility index (Phi) is 4.14. The summed E-state index contributed by atoms with van der Waals surface area (Å²) >= 11 is 0. The molecule has 2 N–H and O–H groups in total. The molecule has 0 aromatic carbocycles. The van der Waals surface area contributed by atoms with Crippen LogP contribution in [0.15, 0.2) is 11.6 Å². The van der Waals surface area contributed by atoms with E-state index in [0.717, 1.165) is 0 Å². The minimum absolute atomic E-state index is 0.0903. The van der Waals surface area contributed by atoms with Crippen molar-refractivity contribution in [3.63, 3.8) is 0 Å². The minimum atomic E-state index is -0.399. The van der Waals surface area contributed by atoms with Gasteiger partial charge in [-0.15, -0.1) is 0 Å². The molecule has 0 radical (unpaired) electrons. The van der Waals surface area contributed by atoms with Gasteiger partial charge in [-0.3, -0.25) is 4.79 Å². The zero-order valence-corrected chi connectivity index (χ0v) is 9.05. The molecule has 1 unspecified atom stereocenters. The van der Waals surface area contributed by atoms with Crippen molar-refractivity contribution in [2.45, 2.75) is 46.3 Å². The Labute approximate surface area is 79.9 Å². The zero-order chi connectivity index (χ0) is 10.6. The van der Waals surface area contributed by atoms with Crippen LogP contribution in [0.25, 0.3) is 0 Å². The van der Waals surface area contributed by atoms with Crippen LogP contribution in [0.4, 0.5) is 0 Å². The Bertz CT molecular complexity index is 213. The SMILES string of the molecule is CC(=CC(C)OC(C)(C)C)C(N)=O. The first kappa shape index (κ1) is 12.2. The number of carbonyl (C=O) groups excluding carboxylic acids is 1. The second kappa shape index (κ2) is 4.42. The number of hydrogen-bond acceptors (Lipinski definition) is 2. The first-order valence-electron chi connectivity index (χ1n) is 4.38. The number of carbonyl (C=O) groups is 1. The van der Waals surface area contributed by atoms with Gasteiger partial charge in [-0.1, -0.05) is 0 Å². The highest BCUT2D eigenvalue weighted by Crippen LogP contribution is 2.12. The Hall–Kier alpha value is -0.830. The van der Waals surface area contributed by atoms with Crippen molar-refractivity contribution in [3.8, 4) is 0 Å². The molecule has 13 heavy (non-hydrogen) atoms. The van der Waals surface area contributed by atoms with Crippen molar-refractivity contribution in [2.75, 3.05) is 0 Å². The molecule has 0 saturated carbocycles. The Morgan fingerprint density at radius 1 is 1.46 bits per heavy atom. The van der Waals surface area contributed by atoms with Crippen LogP contribution in [0.2, 0.25) is 0 Å². The predicted molar refractivity (Wildman–Crippen MR) is 53.3 cm³/mol. The van der Waals surface area contributed by atoms with E-state index in [0.29, 0.717) is 5.57 Å². The lowest BCUT2D eigenvalue weighted by molar-refractivity contribution is -0.114. The van der Waals surface area contributed by atoms with E-state index >= 15 is 0 Å². The van der Waals surface area contributed by atoms with E-state index in [2.05, 4.69) is 0 Å². The Morgan fingerprint density at radius 2 is 1.92 bits per heavy atom. The third-order valence-corrected chi connectivity index (χ3v) is 1.41. The van der Waals surface area contributed by atoms with Crippen LogP contribution in [0, 0.1) is 0 Å². The topological polar surface area (TPSA) is 52.3 Å². The van der Waals surface area contributed by atoms with Crippen molar-refractivity contribution in [2.24, 2.45) is 5.73 Å². The maximum Gasteiger partial charge on any atom is 0.244 e. The molecule has 0 bridgehead atoms. The smallest absolute Gasteiger partial charge is 0.244 e. The predicted octanol–water partition coefficient (Wildman–Crippen LogP) is 1.62. The molecule has 3 nitrogen and oxygen atoms in total. The molecular weight excluding hydrogens is 166 g/mol.